The first-order valence-electron chi connectivity index (χ1n) is 7.29. The molecule has 126 valence electrons. The second-order valence-electron chi connectivity index (χ2n) is 6.58. The van der Waals surface area contributed by atoms with Crippen LogP contribution in [0.25, 0.3) is 0 Å². The van der Waals surface area contributed by atoms with E-state index in [2.05, 4.69) is 16.3 Å². The molecule has 4 nitrogen and oxygen atoms in total. The van der Waals surface area contributed by atoms with Crippen molar-refractivity contribution in [3.63, 3.8) is 0 Å². The molecular weight excluding hydrogens is 321 g/mol. The molecule has 0 aliphatic carbocycles. The molecule has 0 radical (unpaired) electrons. The summed E-state index contributed by atoms with van der Waals surface area (Å²) < 4.78 is 0. The Morgan fingerprint density at radius 3 is 2.36 bits per heavy atom. The van der Waals surface area contributed by atoms with E-state index in [0.29, 0.717) is 0 Å². The third-order valence-electron chi connectivity index (χ3n) is 3.80. The van der Waals surface area contributed by atoms with Crippen molar-refractivity contribution < 1.29 is 4.79 Å². The number of halogens is 2. The lowest BCUT2D eigenvalue weighted by atomic mass is 9.87. The monoisotopic (exact) mass is 347 g/mol. The SMILES string of the molecule is CC(C)(C)[C@H](N)C(=O)Nc1cccc(N2CCCC2)c1.Cl.Cl. The number of hydrogen-bond donors (Lipinski definition) is 2. The van der Waals surface area contributed by atoms with Crippen molar-refractivity contribution in [2.24, 2.45) is 11.1 Å². The number of hydrogen-bond acceptors (Lipinski definition) is 3. The molecule has 2 rings (SSSR count). The Kier molecular flexibility index (Phi) is 8.23. The fourth-order valence-corrected chi connectivity index (χ4v) is 2.37. The Balaban J connectivity index is 0.00000220. The van der Waals surface area contributed by atoms with E-state index in [1.165, 1.54) is 18.5 Å². The number of benzene rings is 1. The number of amides is 1. The molecule has 1 fully saturated rings. The van der Waals surface area contributed by atoms with Crippen LogP contribution in [0, 0.1) is 5.41 Å². The fourth-order valence-electron chi connectivity index (χ4n) is 2.37. The smallest absolute Gasteiger partial charge is 0.241 e. The van der Waals surface area contributed by atoms with Crippen molar-refractivity contribution >= 4 is 42.1 Å². The molecule has 22 heavy (non-hydrogen) atoms. The van der Waals surface area contributed by atoms with Gasteiger partial charge in [-0.3, -0.25) is 4.79 Å². The van der Waals surface area contributed by atoms with E-state index in [1.807, 2.05) is 39.0 Å². The lowest BCUT2D eigenvalue weighted by Crippen LogP contribution is -2.45. The van der Waals surface area contributed by atoms with E-state index in [0.717, 1.165) is 18.8 Å². The molecule has 1 aliphatic rings. The third kappa shape index (κ3) is 5.34. The van der Waals surface area contributed by atoms with Crippen molar-refractivity contribution in [1.82, 2.24) is 0 Å². The molecule has 6 heteroatoms. The molecule has 1 amide bonds. The Hall–Kier alpha value is -0.970. The zero-order valence-electron chi connectivity index (χ0n) is 13.5. The maximum atomic E-state index is 12.1. The number of carbonyl (C=O) groups excluding carboxylic acids is 1. The van der Waals surface area contributed by atoms with Crippen LogP contribution in [0.3, 0.4) is 0 Å². The predicted molar refractivity (Wildman–Crippen MR) is 98.4 cm³/mol. The molecule has 1 heterocycles. The van der Waals surface area contributed by atoms with Crippen LogP contribution in [0.15, 0.2) is 24.3 Å². The van der Waals surface area contributed by atoms with Crippen molar-refractivity contribution in [2.75, 3.05) is 23.3 Å². The average molecular weight is 348 g/mol. The summed E-state index contributed by atoms with van der Waals surface area (Å²) in [4.78, 5) is 14.5. The summed E-state index contributed by atoms with van der Waals surface area (Å²) in [5.74, 6) is -0.129. The standard InChI is InChI=1S/C16H25N3O.2ClH/c1-16(2,3)14(17)15(20)18-12-7-6-8-13(11-12)19-9-4-5-10-19;;/h6-8,11,14H,4-5,9-10,17H2,1-3H3,(H,18,20);2*1H/t14-;;/m1../s1. The molecule has 1 aliphatic heterocycles. The first-order valence-corrected chi connectivity index (χ1v) is 7.29. The Morgan fingerprint density at radius 2 is 1.82 bits per heavy atom. The average Bonchev–Trinajstić information content (AvgIpc) is 2.91. The lowest BCUT2D eigenvalue weighted by molar-refractivity contribution is -0.119. The predicted octanol–water partition coefficient (Wildman–Crippen LogP) is 3.44. The van der Waals surface area contributed by atoms with Gasteiger partial charge >= 0.3 is 0 Å². The van der Waals surface area contributed by atoms with Crippen LogP contribution < -0.4 is 16.0 Å². The van der Waals surface area contributed by atoms with Gasteiger partial charge in [0.05, 0.1) is 6.04 Å². The number of nitrogens with two attached hydrogens (primary N) is 1. The van der Waals surface area contributed by atoms with Gasteiger partial charge in [0.15, 0.2) is 0 Å². The quantitative estimate of drug-likeness (QED) is 0.880. The van der Waals surface area contributed by atoms with Crippen LogP contribution in [0.1, 0.15) is 33.6 Å². The molecule has 1 aromatic rings. The van der Waals surface area contributed by atoms with Gasteiger partial charge in [0.25, 0.3) is 0 Å². The van der Waals surface area contributed by atoms with Gasteiger partial charge in [-0.1, -0.05) is 26.8 Å². The summed E-state index contributed by atoms with van der Waals surface area (Å²) >= 11 is 0. The number of nitrogens with zero attached hydrogens (tertiary/aromatic N) is 1. The Morgan fingerprint density at radius 1 is 1.23 bits per heavy atom. The number of anilines is 2. The molecule has 1 aromatic carbocycles. The first kappa shape index (κ1) is 21.0. The second-order valence-corrected chi connectivity index (χ2v) is 6.58. The molecule has 0 bridgehead atoms. The van der Waals surface area contributed by atoms with Crippen LogP contribution in [0.5, 0.6) is 0 Å². The van der Waals surface area contributed by atoms with Gasteiger partial charge in [0, 0.05) is 24.5 Å². The molecule has 1 saturated heterocycles. The van der Waals surface area contributed by atoms with Crippen LogP contribution in [0.4, 0.5) is 11.4 Å². The zero-order chi connectivity index (χ0) is 14.8. The molecule has 1 atom stereocenters. The summed E-state index contributed by atoms with van der Waals surface area (Å²) in [6.07, 6.45) is 2.48. The highest BCUT2D eigenvalue weighted by Gasteiger charge is 2.27. The maximum absolute atomic E-state index is 12.1. The van der Waals surface area contributed by atoms with Gasteiger partial charge in [-0.2, -0.15) is 0 Å². The highest BCUT2D eigenvalue weighted by atomic mass is 35.5. The van der Waals surface area contributed by atoms with Crippen molar-refractivity contribution in [3.05, 3.63) is 24.3 Å². The largest absolute Gasteiger partial charge is 0.371 e. The van der Waals surface area contributed by atoms with Crippen LogP contribution in [0.2, 0.25) is 0 Å². The highest BCUT2D eigenvalue weighted by molar-refractivity contribution is 5.95. The van der Waals surface area contributed by atoms with Crippen LogP contribution in [-0.2, 0) is 4.79 Å². The zero-order valence-corrected chi connectivity index (χ0v) is 15.1. The lowest BCUT2D eigenvalue weighted by Gasteiger charge is -2.26. The summed E-state index contributed by atoms with van der Waals surface area (Å²) in [7, 11) is 0. The summed E-state index contributed by atoms with van der Waals surface area (Å²) in [6.45, 7) is 8.10. The molecule has 0 aromatic heterocycles. The van der Waals surface area contributed by atoms with E-state index in [9.17, 15) is 4.79 Å². The van der Waals surface area contributed by atoms with Gasteiger partial charge < -0.3 is 16.0 Å². The van der Waals surface area contributed by atoms with Crippen molar-refractivity contribution in [1.29, 1.82) is 0 Å². The third-order valence-corrected chi connectivity index (χ3v) is 3.80. The van der Waals surface area contributed by atoms with E-state index < -0.39 is 6.04 Å². The van der Waals surface area contributed by atoms with Gasteiger partial charge in [0.2, 0.25) is 5.91 Å². The van der Waals surface area contributed by atoms with Crippen molar-refractivity contribution in [3.8, 4) is 0 Å². The fraction of sp³-hybridized carbons (Fsp3) is 0.562. The topological polar surface area (TPSA) is 58.4 Å². The van der Waals surface area contributed by atoms with Crippen LogP contribution in [-0.4, -0.2) is 25.0 Å². The minimum atomic E-state index is -0.516. The minimum Gasteiger partial charge on any atom is -0.371 e. The van der Waals surface area contributed by atoms with E-state index in [-0.39, 0.29) is 36.1 Å². The number of nitrogens with one attached hydrogen (secondary N) is 1. The second kappa shape index (κ2) is 8.61. The van der Waals surface area contributed by atoms with E-state index >= 15 is 0 Å². The number of carbonyl (C=O) groups is 1. The molecule has 0 unspecified atom stereocenters. The Bertz CT molecular complexity index is 483. The molecular formula is C16H27Cl2N3O. The Labute approximate surface area is 145 Å². The van der Waals surface area contributed by atoms with Crippen LogP contribution >= 0.6 is 24.8 Å². The molecule has 0 spiro atoms. The summed E-state index contributed by atoms with van der Waals surface area (Å²) in [5, 5.41) is 2.92. The minimum absolute atomic E-state index is 0. The van der Waals surface area contributed by atoms with E-state index in [1.54, 1.807) is 0 Å². The number of rotatable bonds is 3. The normalized spacial score (nSPS) is 15.5. The van der Waals surface area contributed by atoms with Gasteiger partial charge in [-0.05, 0) is 36.5 Å². The van der Waals surface area contributed by atoms with Gasteiger partial charge in [0.1, 0.15) is 0 Å². The summed E-state index contributed by atoms with van der Waals surface area (Å²) in [6, 6.07) is 7.49. The van der Waals surface area contributed by atoms with Gasteiger partial charge in [-0.25, -0.2) is 0 Å². The van der Waals surface area contributed by atoms with E-state index in [4.69, 9.17) is 5.73 Å². The van der Waals surface area contributed by atoms with Crippen molar-refractivity contribution in [2.45, 2.75) is 39.7 Å². The maximum Gasteiger partial charge on any atom is 0.241 e. The highest BCUT2D eigenvalue weighted by Crippen LogP contribution is 2.24. The summed E-state index contributed by atoms with van der Waals surface area (Å²) in [5.41, 5.74) is 7.73. The first-order chi connectivity index (χ1) is 9.38. The van der Waals surface area contributed by atoms with Gasteiger partial charge in [-0.15, -0.1) is 24.8 Å². The molecule has 3 N–H and O–H groups in total. The molecule has 0 saturated carbocycles.